The van der Waals surface area contributed by atoms with E-state index in [1.54, 1.807) is 30.1 Å². The van der Waals surface area contributed by atoms with Crippen molar-refractivity contribution in [2.45, 2.75) is 6.92 Å². The van der Waals surface area contributed by atoms with Gasteiger partial charge in [-0.1, -0.05) is 36.4 Å². The first-order chi connectivity index (χ1) is 12.6. The summed E-state index contributed by atoms with van der Waals surface area (Å²) < 4.78 is 1.73. The third kappa shape index (κ3) is 2.47. The van der Waals surface area contributed by atoms with Crippen LogP contribution in [0, 0.1) is 6.92 Å². The summed E-state index contributed by atoms with van der Waals surface area (Å²) in [6.45, 7) is 2.06. The van der Waals surface area contributed by atoms with Gasteiger partial charge in [-0.25, -0.2) is 4.79 Å². The van der Waals surface area contributed by atoms with Crippen molar-refractivity contribution in [3.8, 4) is 22.4 Å². The number of hydrogen-bond acceptors (Lipinski definition) is 2. The highest BCUT2D eigenvalue weighted by molar-refractivity contribution is 6.03. The number of aryl methyl sites for hydroxylation is 1. The number of pyridine rings is 1. The van der Waals surface area contributed by atoms with Gasteiger partial charge in [0, 0.05) is 30.6 Å². The largest absolute Gasteiger partial charge is 0.477 e. The first kappa shape index (κ1) is 16.1. The van der Waals surface area contributed by atoms with Crippen LogP contribution >= 0.6 is 0 Å². The highest BCUT2D eigenvalue weighted by Gasteiger charge is 2.22. The molecular weight excluding hydrogens is 324 g/mol. The van der Waals surface area contributed by atoms with Gasteiger partial charge in [0.1, 0.15) is 5.69 Å². The maximum Gasteiger partial charge on any atom is 0.352 e. The molecule has 2 aromatic heterocycles. The normalized spacial score (nSPS) is 11.0. The van der Waals surface area contributed by atoms with E-state index in [4.69, 9.17) is 0 Å². The molecule has 0 amide bonds. The lowest BCUT2D eigenvalue weighted by atomic mass is 9.92. The number of nitrogens with zero attached hydrogens (tertiary/aromatic N) is 2. The average molecular weight is 342 g/mol. The first-order valence-electron chi connectivity index (χ1n) is 8.40. The smallest absolute Gasteiger partial charge is 0.352 e. The maximum atomic E-state index is 11.8. The molecular formula is C22H18N2O2. The number of carboxylic acid groups (broad SMARTS) is 1. The van der Waals surface area contributed by atoms with E-state index in [0.29, 0.717) is 0 Å². The van der Waals surface area contributed by atoms with Crippen LogP contribution in [-0.4, -0.2) is 20.6 Å². The number of rotatable bonds is 3. The van der Waals surface area contributed by atoms with E-state index in [1.807, 2.05) is 24.3 Å². The minimum Gasteiger partial charge on any atom is -0.477 e. The quantitative estimate of drug-likeness (QED) is 0.575. The molecule has 4 aromatic rings. The summed E-state index contributed by atoms with van der Waals surface area (Å²) >= 11 is 0. The lowest BCUT2D eigenvalue weighted by Crippen LogP contribution is -2.05. The third-order valence-corrected chi connectivity index (χ3v) is 4.79. The Morgan fingerprint density at radius 2 is 1.88 bits per heavy atom. The van der Waals surface area contributed by atoms with Gasteiger partial charge in [-0.3, -0.25) is 4.98 Å². The number of hydrogen-bond donors (Lipinski definition) is 1. The van der Waals surface area contributed by atoms with Crippen molar-refractivity contribution in [1.29, 1.82) is 0 Å². The molecule has 0 aliphatic rings. The summed E-state index contributed by atoms with van der Waals surface area (Å²) in [5, 5.41) is 11.9. The number of benzene rings is 2. The van der Waals surface area contributed by atoms with Gasteiger partial charge in [0.2, 0.25) is 0 Å². The van der Waals surface area contributed by atoms with Gasteiger partial charge in [-0.2, -0.15) is 0 Å². The van der Waals surface area contributed by atoms with Crippen molar-refractivity contribution < 1.29 is 9.90 Å². The first-order valence-corrected chi connectivity index (χ1v) is 8.40. The number of aromatic carboxylic acids is 1. The van der Waals surface area contributed by atoms with Crippen LogP contribution < -0.4 is 0 Å². The van der Waals surface area contributed by atoms with Crippen molar-refractivity contribution in [1.82, 2.24) is 9.55 Å². The summed E-state index contributed by atoms with van der Waals surface area (Å²) in [6.07, 6.45) is 3.48. The summed E-state index contributed by atoms with van der Waals surface area (Å²) in [5.41, 5.74) is 5.08. The van der Waals surface area contributed by atoms with Gasteiger partial charge >= 0.3 is 5.97 Å². The number of carbonyl (C=O) groups is 1. The molecule has 0 radical (unpaired) electrons. The fourth-order valence-electron chi connectivity index (χ4n) is 3.59. The van der Waals surface area contributed by atoms with E-state index in [0.717, 1.165) is 38.7 Å². The zero-order chi connectivity index (χ0) is 18.3. The molecule has 4 nitrogen and oxygen atoms in total. The second-order valence-corrected chi connectivity index (χ2v) is 6.38. The molecule has 0 saturated carbocycles. The SMILES string of the molecule is Cc1ccc2ccccc2c1-c1cc(C(=O)O)n(C)c1-c1cccnc1. The van der Waals surface area contributed by atoms with E-state index >= 15 is 0 Å². The van der Waals surface area contributed by atoms with Crippen molar-refractivity contribution in [3.63, 3.8) is 0 Å². The molecule has 0 atom stereocenters. The molecule has 0 bridgehead atoms. The minimum absolute atomic E-state index is 0.256. The molecule has 2 aromatic carbocycles. The zero-order valence-corrected chi connectivity index (χ0v) is 14.6. The van der Waals surface area contributed by atoms with Crippen molar-refractivity contribution in [3.05, 3.63) is 78.2 Å². The number of fused-ring (bicyclic) bond motifs is 1. The summed E-state index contributed by atoms with van der Waals surface area (Å²) in [5.74, 6) is -0.943. The Bertz CT molecular complexity index is 1130. The topological polar surface area (TPSA) is 55.1 Å². The van der Waals surface area contributed by atoms with Crippen LogP contribution in [0.4, 0.5) is 0 Å². The highest BCUT2D eigenvalue weighted by atomic mass is 16.4. The molecule has 128 valence electrons. The van der Waals surface area contributed by atoms with Gasteiger partial charge in [-0.05, 0) is 47.0 Å². The van der Waals surface area contributed by atoms with Crippen molar-refractivity contribution in [2.24, 2.45) is 7.05 Å². The Balaban J connectivity index is 2.12. The van der Waals surface area contributed by atoms with E-state index in [1.165, 1.54) is 0 Å². The molecule has 0 unspecified atom stereocenters. The van der Waals surface area contributed by atoms with Crippen LogP contribution in [0.25, 0.3) is 33.2 Å². The fourth-order valence-corrected chi connectivity index (χ4v) is 3.59. The summed E-state index contributed by atoms with van der Waals surface area (Å²) in [4.78, 5) is 16.0. The molecule has 4 heteroatoms. The molecule has 0 saturated heterocycles. The molecule has 4 rings (SSSR count). The van der Waals surface area contributed by atoms with Crippen LogP contribution in [0.15, 0.2) is 67.0 Å². The Morgan fingerprint density at radius 3 is 2.62 bits per heavy atom. The van der Waals surface area contributed by atoms with Crippen molar-refractivity contribution in [2.75, 3.05) is 0 Å². The van der Waals surface area contributed by atoms with Crippen LogP contribution in [0.2, 0.25) is 0 Å². The second kappa shape index (κ2) is 6.15. The van der Waals surface area contributed by atoms with Gasteiger partial charge in [0.25, 0.3) is 0 Å². The lowest BCUT2D eigenvalue weighted by molar-refractivity contribution is 0.0686. The predicted octanol–water partition coefficient (Wildman–Crippen LogP) is 4.91. The monoisotopic (exact) mass is 342 g/mol. The Morgan fingerprint density at radius 1 is 1.08 bits per heavy atom. The van der Waals surface area contributed by atoms with Gasteiger partial charge in [-0.15, -0.1) is 0 Å². The predicted molar refractivity (Wildman–Crippen MR) is 103 cm³/mol. The Labute approximate surface area is 151 Å². The molecule has 0 aliphatic carbocycles. The van der Waals surface area contributed by atoms with Crippen LogP contribution in [0.3, 0.4) is 0 Å². The molecule has 0 fully saturated rings. The fraction of sp³-hybridized carbons (Fsp3) is 0.0909. The van der Waals surface area contributed by atoms with Crippen LogP contribution in [0.5, 0.6) is 0 Å². The Kier molecular flexibility index (Phi) is 3.81. The minimum atomic E-state index is -0.943. The maximum absolute atomic E-state index is 11.8. The van der Waals surface area contributed by atoms with E-state index in [2.05, 4.69) is 36.2 Å². The standard InChI is InChI=1S/C22H18N2O2/c1-14-9-10-15-6-3-4-8-17(15)20(14)18-12-19(22(25)26)24(2)21(18)16-7-5-11-23-13-16/h3-13H,1-2H3,(H,25,26). The summed E-state index contributed by atoms with van der Waals surface area (Å²) in [6, 6.07) is 17.9. The second-order valence-electron chi connectivity index (χ2n) is 6.38. The molecule has 0 spiro atoms. The molecule has 0 aliphatic heterocycles. The number of aromatic nitrogens is 2. The average Bonchev–Trinajstić information content (AvgIpc) is 2.99. The van der Waals surface area contributed by atoms with E-state index in [-0.39, 0.29) is 5.69 Å². The van der Waals surface area contributed by atoms with Gasteiger partial charge in [0.15, 0.2) is 0 Å². The van der Waals surface area contributed by atoms with Crippen molar-refractivity contribution >= 4 is 16.7 Å². The van der Waals surface area contributed by atoms with Gasteiger partial charge < -0.3 is 9.67 Å². The third-order valence-electron chi connectivity index (χ3n) is 4.79. The number of carboxylic acids is 1. The van der Waals surface area contributed by atoms with E-state index in [9.17, 15) is 9.90 Å². The zero-order valence-electron chi connectivity index (χ0n) is 14.6. The summed E-state index contributed by atoms with van der Waals surface area (Å²) in [7, 11) is 1.79. The lowest BCUT2D eigenvalue weighted by Gasteiger charge is -2.13. The molecule has 2 heterocycles. The molecule has 1 N–H and O–H groups in total. The highest BCUT2D eigenvalue weighted by Crippen LogP contribution is 2.39. The Hall–Kier alpha value is -3.40. The van der Waals surface area contributed by atoms with Gasteiger partial charge in [0.05, 0.1) is 5.69 Å². The van der Waals surface area contributed by atoms with Crippen LogP contribution in [0.1, 0.15) is 16.1 Å². The molecule has 26 heavy (non-hydrogen) atoms. The van der Waals surface area contributed by atoms with E-state index < -0.39 is 5.97 Å². The van der Waals surface area contributed by atoms with Crippen LogP contribution in [-0.2, 0) is 7.05 Å².